The standard InChI is InChI=1S/C24H21FN4O2S/c1-15-6-8-17(9-7-15)27-24(31)28-11-10-18-20(13-28)32-22-21(18)23(30)29(14-26-22)12-16-4-2-3-5-19(16)25/h2-9,14H,10-13H2,1H3,(H,27,31). The van der Waals surface area contributed by atoms with Gasteiger partial charge in [0.25, 0.3) is 5.56 Å². The van der Waals surface area contributed by atoms with Crippen LogP contribution in [0.25, 0.3) is 10.2 Å². The number of urea groups is 1. The van der Waals surface area contributed by atoms with E-state index < -0.39 is 0 Å². The van der Waals surface area contributed by atoms with E-state index in [0.717, 1.165) is 21.7 Å². The number of carbonyl (C=O) groups excluding carboxylic acids is 1. The molecule has 8 heteroatoms. The molecule has 0 saturated heterocycles. The second-order valence-electron chi connectivity index (χ2n) is 7.92. The van der Waals surface area contributed by atoms with E-state index in [0.29, 0.717) is 35.3 Å². The average Bonchev–Trinajstić information content (AvgIpc) is 3.17. The SMILES string of the molecule is Cc1ccc(NC(=O)N2CCc3c(sc4ncn(Cc5ccccc5F)c(=O)c34)C2)cc1. The fraction of sp³-hybridized carbons (Fsp3) is 0.208. The van der Waals surface area contributed by atoms with Gasteiger partial charge in [0.1, 0.15) is 10.6 Å². The van der Waals surface area contributed by atoms with Gasteiger partial charge in [-0.3, -0.25) is 9.36 Å². The molecule has 2 aromatic carbocycles. The second-order valence-corrected chi connectivity index (χ2v) is 9.00. The summed E-state index contributed by atoms with van der Waals surface area (Å²) < 4.78 is 15.5. The van der Waals surface area contributed by atoms with Crippen LogP contribution in [-0.2, 0) is 19.5 Å². The maximum Gasteiger partial charge on any atom is 0.322 e. The highest BCUT2D eigenvalue weighted by Crippen LogP contribution is 2.32. The number of carbonyl (C=O) groups is 1. The molecule has 2 aromatic heterocycles. The summed E-state index contributed by atoms with van der Waals surface area (Å²) in [5.74, 6) is -0.345. The molecule has 0 saturated carbocycles. The zero-order valence-corrected chi connectivity index (χ0v) is 18.3. The molecule has 2 amide bonds. The zero-order chi connectivity index (χ0) is 22.2. The van der Waals surface area contributed by atoms with Gasteiger partial charge in [-0.05, 0) is 37.1 Å². The molecule has 0 aliphatic carbocycles. The molecule has 4 aromatic rings. The van der Waals surface area contributed by atoms with Gasteiger partial charge < -0.3 is 10.2 Å². The van der Waals surface area contributed by atoms with Crippen molar-refractivity contribution in [2.45, 2.75) is 26.4 Å². The summed E-state index contributed by atoms with van der Waals surface area (Å²) in [6.45, 7) is 3.07. The van der Waals surface area contributed by atoms with Gasteiger partial charge in [0, 0.05) is 22.7 Å². The van der Waals surface area contributed by atoms with Crippen molar-refractivity contribution in [3.05, 3.63) is 92.6 Å². The number of fused-ring (bicyclic) bond motifs is 3. The number of nitrogens with zero attached hydrogens (tertiary/aromatic N) is 3. The normalized spacial score (nSPS) is 13.2. The summed E-state index contributed by atoms with van der Waals surface area (Å²) in [4.78, 5) is 33.7. The van der Waals surface area contributed by atoms with Crippen LogP contribution >= 0.6 is 11.3 Å². The molecule has 3 heterocycles. The molecule has 0 fully saturated rings. The molecular formula is C24H21FN4O2S. The molecule has 1 aliphatic rings. The van der Waals surface area contributed by atoms with E-state index in [2.05, 4.69) is 10.3 Å². The summed E-state index contributed by atoms with van der Waals surface area (Å²) in [7, 11) is 0. The van der Waals surface area contributed by atoms with Crippen molar-refractivity contribution >= 4 is 33.3 Å². The lowest BCUT2D eigenvalue weighted by Gasteiger charge is -2.27. The van der Waals surface area contributed by atoms with Gasteiger partial charge >= 0.3 is 6.03 Å². The highest BCUT2D eigenvalue weighted by molar-refractivity contribution is 7.18. The molecule has 5 rings (SSSR count). The molecule has 0 atom stereocenters. The third-order valence-corrected chi connectivity index (χ3v) is 6.84. The summed E-state index contributed by atoms with van der Waals surface area (Å²) in [5, 5.41) is 3.52. The van der Waals surface area contributed by atoms with Gasteiger partial charge in [0.05, 0.1) is 24.8 Å². The van der Waals surface area contributed by atoms with Crippen LogP contribution in [0.2, 0.25) is 0 Å². The van der Waals surface area contributed by atoms with Gasteiger partial charge in [-0.2, -0.15) is 0 Å². The number of hydrogen-bond donors (Lipinski definition) is 1. The minimum absolute atomic E-state index is 0.129. The number of aromatic nitrogens is 2. The van der Waals surface area contributed by atoms with Crippen LogP contribution in [0.15, 0.2) is 59.7 Å². The monoisotopic (exact) mass is 448 g/mol. The Morgan fingerprint density at radius 1 is 1.19 bits per heavy atom. The molecule has 0 spiro atoms. The van der Waals surface area contributed by atoms with Gasteiger partial charge in [-0.1, -0.05) is 35.9 Å². The predicted molar refractivity (Wildman–Crippen MR) is 124 cm³/mol. The molecule has 0 bridgehead atoms. The number of anilines is 1. The molecule has 1 aliphatic heterocycles. The predicted octanol–water partition coefficient (Wildman–Crippen LogP) is 4.54. The Labute approximate surface area is 187 Å². The first kappa shape index (κ1) is 20.4. The average molecular weight is 449 g/mol. The zero-order valence-electron chi connectivity index (χ0n) is 17.5. The van der Waals surface area contributed by atoms with Crippen LogP contribution in [0.1, 0.15) is 21.6 Å². The molecular weight excluding hydrogens is 427 g/mol. The van der Waals surface area contributed by atoms with Crippen molar-refractivity contribution in [2.24, 2.45) is 0 Å². The number of halogens is 1. The number of benzene rings is 2. The topological polar surface area (TPSA) is 67.2 Å². The fourth-order valence-electron chi connectivity index (χ4n) is 3.95. The Hall–Kier alpha value is -3.52. The number of aryl methyl sites for hydroxylation is 1. The van der Waals surface area contributed by atoms with E-state index in [1.165, 1.54) is 28.3 Å². The van der Waals surface area contributed by atoms with Gasteiger partial charge in [-0.15, -0.1) is 11.3 Å². The van der Waals surface area contributed by atoms with Crippen LogP contribution in [0.3, 0.4) is 0 Å². The Kier molecular flexibility index (Phi) is 5.22. The van der Waals surface area contributed by atoms with Gasteiger partial charge in [-0.25, -0.2) is 14.2 Å². The van der Waals surface area contributed by atoms with Crippen molar-refractivity contribution in [3.63, 3.8) is 0 Å². The lowest BCUT2D eigenvalue weighted by molar-refractivity contribution is 0.207. The van der Waals surface area contributed by atoms with Gasteiger partial charge in [0.2, 0.25) is 0 Å². The minimum Gasteiger partial charge on any atom is -0.319 e. The van der Waals surface area contributed by atoms with Crippen molar-refractivity contribution < 1.29 is 9.18 Å². The van der Waals surface area contributed by atoms with Crippen LogP contribution in [0.4, 0.5) is 14.9 Å². The van der Waals surface area contributed by atoms with Crippen molar-refractivity contribution in [1.29, 1.82) is 0 Å². The Morgan fingerprint density at radius 2 is 1.97 bits per heavy atom. The molecule has 162 valence electrons. The maximum atomic E-state index is 14.1. The van der Waals surface area contributed by atoms with E-state index in [1.807, 2.05) is 31.2 Å². The van der Waals surface area contributed by atoms with Crippen LogP contribution in [-0.4, -0.2) is 27.0 Å². The van der Waals surface area contributed by atoms with E-state index in [1.54, 1.807) is 23.1 Å². The van der Waals surface area contributed by atoms with E-state index in [9.17, 15) is 14.0 Å². The van der Waals surface area contributed by atoms with Crippen LogP contribution in [0, 0.1) is 12.7 Å². The van der Waals surface area contributed by atoms with E-state index >= 15 is 0 Å². The lowest BCUT2D eigenvalue weighted by atomic mass is 10.1. The summed E-state index contributed by atoms with van der Waals surface area (Å²) in [5.41, 5.74) is 3.10. The summed E-state index contributed by atoms with van der Waals surface area (Å²) >= 11 is 1.44. The second kappa shape index (κ2) is 8.20. The largest absolute Gasteiger partial charge is 0.322 e. The Morgan fingerprint density at radius 3 is 2.75 bits per heavy atom. The van der Waals surface area contributed by atoms with Crippen molar-refractivity contribution in [3.8, 4) is 0 Å². The highest BCUT2D eigenvalue weighted by atomic mass is 32.1. The third-order valence-electron chi connectivity index (χ3n) is 5.72. The number of thiophene rings is 1. The first-order chi connectivity index (χ1) is 15.5. The molecule has 1 N–H and O–H groups in total. The van der Waals surface area contributed by atoms with E-state index in [4.69, 9.17) is 0 Å². The fourth-order valence-corrected chi connectivity index (χ4v) is 5.15. The minimum atomic E-state index is -0.345. The number of hydrogen-bond acceptors (Lipinski definition) is 4. The van der Waals surface area contributed by atoms with Crippen molar-refractivity contribution in [2.75, 3.05) is 11.9 Å². The quantitative estimate of drug-likeness (QED) is 0.500. The lowest BCUT2D eigenvalue weighted by Crippen LogP contribution is -2.38. The summed E-state index contributed by atoms with van der Waals surface area (Å²) in [6.07, 6.45) is 2.05. The molecule has 0 unspecified atom stereocenters. The Bertz CT molecular complexity index is 1380. The molecule has 6 nitrogen and oxygen atoms in total. The van der Waals surface area contributed by atoms with Gasteiger partial charge in [0.15, 0.2) is 0 Å². The van der Waals surface area contributed by atoms with Crippen molar-refractivity contribution in [1.82, 2.24) is 14.5 Å². The maximum absolute atomic E-state index is 14.1. The highest BCUT2D eigenvalue weighted by Gasteiger charge is 2.26. The van der Waals surface area contributed by atoms with E-state index in [-0.39, 0.29) is 24.0 Å². The van der Waals surface area contributed by atoms with Crippen LogP contribution in [0.5, 0.6) is 0 Å². The number of amides is 2. The molecule has 0 radical (unpaired) electrons. The van der Waals surface area contributed by atoms with Crippen LogP contribution < -0.4 is 10.9 Å². The third kappa shape index (κ3) is 3.78. The first-order valence-electron chi connectivity index (χ1n) is 10.4. The summed E-state index contributed by atoms with van der Waals surface area (Å²) in [6, 6.07) is 13.9. The number of rotatable bonds is 3. The first-order valence-corrected chi connectivity index (χ1v) is 11.2. The Balaban J connectivity index is 1.40. The number of nitrogens with one attached hydrogen (secondary N) is 1. The molecule has 32 heavy (non-hydrogen) atoms. The smallest absolute Gasteiger partial charge is 0.319 e.